The lowest BCUT2D eigenvalue weighted by molar-refractivity contribution is 0.101. The third-order valence-corrected chi connectivity index (χ3v) is 3.27. The molecule has 0 radical (unpaired) electrons. The number of benzene rings is 1. The minimum absolute atomic E-state index is 0.00751. The first-order chi connectivity index (χ1) is 11.8. The molecule has 0 aliphatic rings. The minimum atomic E-state index is -0.488. The van der Waals surface area contributed by atoms with Crippen LogP contribution in [0.1, 0.15) is 16.2 Å². The number of nitrogens with zero attached hydrogens (tertiary/aromatic N) is 7. The van der Waals surface area contributed by atoms with Crippen molar-refractivity contribution in [1.29, 1.82) is 0 Å². The maximum absolute atomic E-state index is 12.2. The Morgan fingerprint density at radius 2 is 1.96 bits per heavy atom. The van der Waals surface area contributed by atoms with E-state index >= 15 is 0 Å². The molecule has 24 heavy (non-hydrogen) atoms. The fourth-order valence-corrected chi connectivity index (χ4v) is 2.19. The zero-order chi connectivity index (χ0) is 16.4. The summed E-state index contributed by atoms with van der Waals surface area (Å²) in [4.78, 5) is 24.3. The van der Waals surface area contributed by atoms with Crippen LogP contribution in [0.25, 0.3) is 5.78 Å². The van der Waals surface area contributed by atoms with Crippen LogP contribution in [0.15, 0.2) is 55.1 Å². The number of hydrogen-bond donors (Lipinski definition) is 1. The van der Waals surface area contributed by atoms with Crippen LogP contribution in [0.3, 0.4) is 0 Å². The Hall–Kier alpha value is -3.62. The zero-order valence-electron chi connectivity index (χ0n) is 12.4. The number of rotatable bonds is 4. The minimum Gasteiger partial charge on any atom is -0.286 e. The molecule has 0 saturated heterocycles. The summed E-state index contributed by atoms with van der Waals surface area (Å²) < 4.78 is 3.07. The van der Waals surface area contributed by atoms with E-state index in [0.29, 0.717) is 12.3 Å². The molecule has 3 aromatic heterocycles. The van der Waals surface area contributed by atoms with Gasteiger partial charge in [-0.3, -0.25) is 10.1 Å². The molecule has 0 saturated carbocycles. The van der Waals surface area contributed by atoms with Crippen molar-refractivity contribution in [2.45, 2.75) is 6.54 Å². The number of nitrogens with one attached hydrogen (secondary N) is 1. The topological polar surface area (TPSA) is 103 Å². The van der Waals surface area contributed by atoms with Gasteiger partial charge in [0.25, 0.3) is 11.7 Å². The predicted octanol–water partition coefficient (Wildman–Crippen LogP) is 1.02. The first-order valence-electron chi connectivity index (χ1n) is 7.20. The molecular weight excluding hydrogens is 308 g/mol. The normalized spacial score (nSPS) is 10.8. The predicted molar refractivity (Wildman–Crippen MR) is 84.3 cm³/mol. The summed E-state index contributed by atoms with van der Waals surface area (Å²) in [6.07, 6.45) is 4.80. The highest BCUT2D eigenvalue weighted by Gasteiger charge is 2.15. The second-order valence-corrected chi connectivity index (χ2v) is 5.01. The number of carbonyl (C=O) groups is 1. The molecule has 118 valence electrons. The van der Waals surface area contributed by atoms with Gasteiger partial charge in [-0.1, -0.05) is 30.3 Å². The van der Waals surface area contributed by atoms with Gasteiger partial charge in [-0.05, 0) is 11.6 Å². The van der Waals surface area contributed by atoms with Gasteiger partial charge in [-0.15, -0.1) is 10.2 Å². The molecule has 0 aliphatic heterocycles. The van der Waals surface area contributed by atoms with E-state index in [1.807, 2.05) is 30.3 Å². The number of fused-ring (bicyclic) bond motifs is 1. The van der Waals surface area contributed by atoms with E-state index in [2.05, 4.69) is 30.5 Å². The van der Waals surface area contributed by atoms with Gasteiger partial charge >= 0.3 is 0 Å². The molecule has 0 bridgehead atoms. The lowest BCUT2D eigenvalue weighted by Gasteiger charge is -2.00. The Bertz CT molecular complexity index is 958. The van der Waals surface area contributed by atoms with Crippen molar-refractivity contribution in [3.8, 4) is 0 Å². The summed E-state index contributed by atoms with van der Waals surface area (Å²) in [5.41, 5.74) is 1.09. The molecule has 1 amide bonds. The van der Waals surface area contributed by atoms with Gasteiger partial charge in [0.15, 0.2) is 0 Å². The van der Waals surface area contributed by atoms with E-state index in [4.69, 9.17) is 0 Å². The molecule has 0 fully saturated rings. The van der Waals surface area contributed by atoms with Crippen LogP contribution in [-0.4, -0.2) is 40.3 Å². The Labute approximate surface area is 136 Å². The number of anilines is 1. The second kappa shape index (κ2) is 5.88. The van der Waals surface area contributed by atoms with E-state index in [1.165, 1.54) is 4.52 Å². The average molecular weight is 320 g/mol. The zero-order valence-corrected chi connectivity index (χ0v) is 12.4. The highest BCUT2D eigenvalue weighted by Crippen LogP contribution is 2.05. The molecule has 0 spiro atoms. The summed E-state index contributed by atoms with van der Waals surface area (Å²) in [7, 11) is 0. The molecule has 9 nitrogen and oxygen atoms in total. The lowest BCUT2D eigenvalue weighted by Crippen LogP contribution is -2.15. The van der Waals surface area contributed by atoms with Crippen LogP contribution in [0, 0.1) is 0 Å². The van der Waals surface area contributed by atoms with Gasteiger partial charge < -0.3 is 0 Å². The van der Waals surface area contributed by atoms with Gasteiger partial charge in [0, 0.05) is 12.4 Å². The molecule has 4 aromatic rings. The van der Waals surface area contributed by atoms with Crippen molar-refractivity contribution in [2.75, 3.05) is 5.32 Å². The fraction of sp³-hybridized carbons (Fsp3) is 0.0667. The highest BCUT2D eigenvalue weighted by atomic mass is 16.2. The summed E-state index contributed by atoms with van der Waals surface area (Å²) in [6, 6.07) is 11.6. The summed E-state index contributed by atoms with van der Waals surface area (Å²) >= 11 is 0. The van der Waals surface area contributed by atoms with Crippen LogP contribution >= 0.6 is 0 Å². The second-order valence-electron chi connectivity index (χ2n) is 5.01. The SMILES string of the molecule is O=C(Nc1ncn(Cc2ccccc2)n1)c1nc2ncccn2n1. The van der Waals surface area contributed by atoms with Crippen molar-refractivity contribution in [1.82, 2.24) is 34.3 Å². The summed E-state index contributed by atoms with van der Waals surface area (Å²) in [6.45, 7) is 0.570. The van der Waals surface area contributed by atoms with Crippen molar-refractivity contribution < 1.29 is 4.79 Å². The van der Waals surface area contributed by atoms with Crippen LogP contribution in [0.4, 0.5) is 5.95 Å². The number of amides is 1. The van der Waals surface area contributed by atoms with Crippen molar-refractivity contribution >= 4 is 17.6 Å². The van der Waals surface area contributed by atoms with E-state index in [1.54, 1.807) is 29.5 Å². The molecule has 0 unspecified atom stereocenters. The third kappa shape index (κ3) is 2.82. The lowest BCUT2D eigenvalue weighted by atomic mass is 10.2. The molecule has 4 rings (SSSR count). The maximum atomic E-state index is 12.2. The van der Waals surface area contributed by atoms with E-state index < -0.39 is 5.91 Å². The molecule has 1 aromatic carbocycles. The maximum Gasteiger partial charge on any atom is 0.297 e. The van der Waals surface area contributed by atoms with E-state index in [9.17, 15) is 4.79 Å². The average Bonchev–Trinajstić information content (AvgIpc) is 3.22. The van der Waals surface area contributed by atoms with Crippen molar-refractivity contribution in [3.63, 3.8) is 0 Å². The van der Waals surface area contributed by atoms with Crippen LogP contribution < -0.4 is 5.32 Å². The Morgan fingerprint density at radius 1 is 1.08 bits per heavy atom. The van der Waals surface area contributed by atoms with Gasteiger partial charge in [0.1, 0.15) is 6.33 Å². The number of hydrogen-bond acceptors (Lipinski definition) is 6. The molecule has 1 N–H and O–H groups in total. The Kier molecular flexibility index (Phi) is 3.43. The number of aromatic nitrogens is 7. The van der Waals surface area contributed by atoms with Crippen LogP contribution in [0.2, 0.25) is 0 Å². The van der Waals surface area contributed by atoms with Crippen molar-refractivity contribution in [3.05, 3.63) is 66.5 Å². The standard InChI is InChI=1S/C15H12N8O/c24-13(12-18-15-16-7-4-8-23(15)20-12)19-14-17-10-22(21-14)9-11-5-2-1-3-6-11/h1-8,10H,9H2,(H,19,21,24). The van der Waals surface area contributed by atoms with Gasteiger partial charge in [0.05, 0.1) is 6.54 Å². The van der Waals surface area contributed by atoms with E-state index in [-0.39, 0.29) is 11.8 Å². The summed E-state index contributed by atoms with van der Waals surface area (Å²) in [5, 5.41) is 10.8. The Balaban J connectivity index is 1.48. The molecule has 9 heteroatoms. The van der Waals surface area contributed by atoms with Crippen LogP contribution in [-0.2, 0) is 6.54 Å². The summed E-state index contributed by atoms with van der Waals surface area (Å²) in [5.74, 6) is 0.0685. The molecule has 3 heterocycles. The van der Waals surface area contributed by atoms with Gasteiger partial charge in [0.2, 0.25) is 11.8 Å². The van der Waals surface area contributed by atoms with E-state index in [0.717, 1.165) is 5.56 Å². The largest absolute Gasteiger partial charge is 0.297 e. The third-order valence-electron chi connectivity index (χ3n) is 3.27. The number of carbonyl (C=O) groups excluding carboxylic acids is 1. The molecule has 0 aliphatic carbocycles. The molecular formula is C15H12N8O. The van der Waals surface area contributed by atoms with Crippen molar-refractivity contribution in [2.24, 2.45) is 0 Å². The quantitative estimate of drug-likeness (QED) is 0.602. The first-order valence-corrected chi connectivity index (χ1v) is 7.20. The molecule has 0 atom stereocenters. The van der Waals surface area contributed by atoms with Gasteiger partial charge in [-0.25, -0.2) is 19.2 Å². The smallest absolute Gasteiger partial charge is 0.286 e. The fourth-order valence-electron chi connectivity index (χ4n) is 2.19. The highest BCUT2D eigenvalue weighted by molar-refractivity contribution is 6.00. The monoisotopic (exact) mass is 320 g/mol. The first kappa shape index (κ1) is 14.0. The van der Waals surface area contributed by atoms with Crippen LogP contribution in [0.5, 0.6) is 0 Å². The van der Waals surface area contributed by atoms with Gasteiger partial charge in [-0.2, -0.15) is 4.98 Å². The Morgan fingerprint density at radius 3 is 2.79 bits per heavy atom.